The summed E-state index contributed by atoms with van der Waals surface area (Å²) in [4.78, 5) is 0. The molecule has 3 nitrogen and oxygen atoms in total. The Morgan fingerprint density at radius 1 is 1.44 bits per heavy atom. The first-order chi connectivity index (χ1) is 7.47. The molecule has 0 saturated heterocycles. The van der Waals surface area contributed by atoms with E-state index in [1.54, 1.807) is 19.2 Å². The van der Waals surface area contributed by atoms with Gasteiger partial charge < -0.3 is 15.6 Å². The van der Waals surface area contributed by atoms with Crippen molar-refractivity contribution in [2.24, 2.45) is 11.1 Å². The van der Waals surface area contributed by atoms with Gasteiger partial charge in [0.1, 0.15) is 11.5 Å². The molecule has 88 valence electrons. The zero-order valence-corrected chi connectivity index (χ0v) is 10.1. The van der Waals surface area contributed by atoms with Crippen molar-refractivity contribution >= 4 is 0 Å². The predicted octanol–water partition coefficient (Wildman–Crippen LogP) is 2.03. The average molecular weight is 221 g/mol. The highest BCUT2D eigenvalue weighted by Crippen LogP contribution is 2.65. The highest BCUT2D eigenvalue weighted by Gasteiger charge is 2.62. The van der Waals surface area contributed by atoms with Gasteiger partial charge in [0, 0.05) is 23.6 Å². The minimum atomic E-state index is 0.00600. The monoisotopic (exact) mass is 221 g/mol. The minimum absolute atomic E-state index is 0.00600. The van der Waals surface area contributed by atoms with Gasteiger partial charge in [-0.05, 0) is 17.9 Å². The summed E-state index contributed by atoms with van der Waals surface area (Å²) >= 11 is 0. The highest BCUT2D eigenvalue weighted by atomic mass is 16.5. The molecule has 1 unspecified atom stereocenters. The lowest BCUT2D eigenvalue weighted by Crippen LogP contribution is -2.25. The molecule has 1 aliphatic rings. The fourth-order valence-corrected chi connectivity index (χ4v) is 2.70. The summed E-state index contributed by atoms with van der Waals surface area (Å²) < 4.78 is 5.33. The van der Waals surface area contributed by atoms with E-state index in [0.717, 1.165) is 17.7 Å². The van der Waals surface area contributed by atoms with Crippen LogP contribution in [0.4, 0.5) is 0 Å². The molecule has 0 heterocycles. The second-order valence-corrected chi connectivity index (χ2v) is 5.23. The Morgan fingerprint density at radius 3 is 2.50 bits per heavy atom. The molecule has 0 radical (unpaired) electrons. The van der Waals surface area contributed by atoms with Crippen molar-refractivity contribution in [3.8, 4) is 11.5 Å². The lowest BCUT2D eigenvalue weighted by Gasteiger charge is -2.21. The molecule has 0 bridgehead atoms. The van der Waals surface area contributed by atoms with Crippen LogP contribution in [0.5, 0.6) is 11.5 Å². The summed E-state index contributed by atoms with van der Waals surface area (Å²) in [7, 11) is 1.62. The van der Waals surface area contributed by atoms with Crippen LogP contribution < -0.4 is 10.5 Å². The molecule has 3 heteroatoms. The van der Waals surface area contributed by atoms with Crippen molar-refractivity contribution in [1.29, 1.82) is 0 Å². The van der Waals surface area contributed by atoms with E-state index in [1.807, 2.05) is 6.07 Å². The maximum absolute atomic E-state index is 9.45. The van der Waals surface area contributed by atoms with Crippen LogP contribution in [-0.4, -0.2) is 18.8 Å². The van der Waals surface area contributed by atoms with E-state index in [1.165, 1.54) is 0 Å². The number of rotatable bonds is 3. The normalized spacial score (nSPS) is 26.5. The number of phenolic OH excluding ortho intramolecular Hbond substituents is 1. The molecule has 1 aliphatic carbocycles. The van der Waals surface area contributed by atoms with Gasteiger partial charge in [0.2, 0.25) is 0 Å². The molecule has 0 aromatic heterocycles. The van der Waals surface area contributed by atoms with Crippen molar-refractivity contribution in [1.82, 2.24) is 0 Å². The predicted molar refractivity (Wildman–Crippen MR) is 63.8 cm³/mol. The first-order valence-corrected chi connectivity index (χ1v) is 5.54. The number of hydrogen-bond acceptors (Lipinski definition) is 3. The Kier molecular flexibility index (Phi) is 2.39. The van der Waals surface area contributed by atoms with Gasteiger partial charge >= 0.3 is 0 Å². The molecule has 3 N–H and O–H groups in total. The largest absolute Gasteiger partial charge is 0.508 e. The van der Waals surface area contributed by atoms with Crippen molar-refractivity contribution in [3.05, 3.63) is 23.8 Å². The molecular formula is C13H19NO2. The van der Waals surface area contributed by atoms with Crippen molar-refractivity contribution in [3.63, 3.8) is 0 Å². The lowest BCUT2D eigenvalue weighted by molar-refractivity contribution is 0.389. The van der Waals surface area contributed by atoms with Crippen molar-refractivity contribution in [2.75, 3.05) is 13.7 Å². The van der Waals surface area contributed by atoms with Crippen LogP contribution in [0.3, 0.4) is 0 Å². The number of methoxy groups -OCH3 is 1. The van der Waals surface area contributed by atoms with Gasteiger partial charge in [0.25, 0.3) is 0 Å². The number of benzene rings is 1. The van der Waals surface area contributed by atoms with Crippen molar-refractivity contribution in [2.45, 2.75) is 25.7 Å². The maximum Gasteiger partial charge on any atom is 0.126 e. The van der Waals surface area contributed by atoms with E-state index in [9.17, 15) is 5.11 Å². The number of nitrogens with two attached hydrogens (primary N) is 1. The number of phenols is 1. The molecule has 1 saturated carbocycles. The average Bonchev–Trinajstić information content (AvgIpc) is 2.82. The molecular weight excluding hydrogens is 202 g/mol. The van der Waals surface area contributed by atoms with Crippen LogP contribution in [0.2, 0.25) is 0 Å². The Balaban J connectivity index is 2.48. The van der Waals surface area contributed by atoms with E-state index in [4.69, 9.17) is 10.5 Å². The third-order valence-corrected chi connectivity index (χ3v) is 3.96. The summed E-state index contributed by atoms with van der Waals surface area (Å²) in [5, 5.41) is 9.45. The van der Waals surface area contributed by atoms with Crippen LogP contribution in [0.1, 0.15) is 25.8 Å². The zero-order chi connectivity index (χ0) is 12.0. The summed E-state index contributed by atoms with van der Waals surface area (Å²) in [6.07, 6.45) is 1.07. The van der Waals surface area contributed by atoms with Gasteiger partial charge in [-0.15, -0.1) is 0 Å². The van der Waals surface area contributed by atoms with Crippen LogP contribution in [-0.2, 0) is 5.41 Å². The molecule has 1 aromatic rings. The number of hydrogen-bond donors (Lipinski definition) is 2. The van der Waals surface area contributed by atoms with Gasteiger partial charge in [0.05, 0.1) is 7.11 Å². The quantitative estimate of drug-likeness (QED) is 0.821. The van der Waals surface area contributed by atoms with Crippen LogP contribution in [0.25, 0.3) is 0 Å². The zero-order valence-electron chi connectivity index (χ0n) is 10.1. The molecule has 2 rings (SSSR count). The standard InChI is InChI=1S/C13H19NO2/c1-12(2)7-13(12,8-14)10-5-4-9(15)6-11(10)16-3/h4-6,15H,7-8,14H2,1-3H3. The van der Waals surface area contributed by atoms with E-state index in [2.05, 4.69) is 13.8 Å². The lowest BCUT2D eigenvalue weighted by atomic mass is 9.87. The third-order valence-electron chi connectivity index (χ3n) is 3.96. The molecule has 1 fully saturated rings. The van der Waals surface area contributed by atoms with Gasteiger partial charge in [-0.2, -0.15) is 0 Å². The summed E-state index contributed by atoms with van der Waals surface area (Å²) in [6.45, 7) is 5.04. The first kappa shape index (κ1) is 11.3. The maximum atomic E-state index is 9.45. The van der Waals surface area contributed by atoms with Gasteiger partial charge in [-0.3, -0.25) is 0 Å². The van der Waals surface area contributed by atoms with E-state index >= 15 is 0 Å². The van der Waals surface area contributed by atoms with Crippen LogP contribution >= 0.6 is 0 Å². The van der Waals surface area contributed by atoms with Crippen molar-refractivity contribution < 1.29 is 9.84 Å². The van der Waals surface area contributed by atoms with E-state index in [-0.39, 0.29) is 16.6 Å². The first-order valence-electron chi connectivity index (χ1n) is 5.54. The Morgan fingerprint density at radius 2 is 2.06 bits per heavy atom. The van der Waals surface area contributed by atoms with Crippen LogP contribution in [0, 0.1) is 5.41 Å². The SMILES string of the molecule is COc1cc(O)ccc1C1(CN)CC1(C)C. The van der Waals surface area contributed by atoms with Gasteiger partial charge in [-0.1, -0.05) is 19.9 Å². The summed E-state index contributed by atoms with van der Waals surface area (Å²) in [6, 6.07) is 5.28. The molecule has 1 atom stereocenters. The minimum Gasteiger partial charge on any atom is -0.508 e. The topological polar surface area (TPSA) is 55.5 Å². The number of aromatic hydroxyl groups is 1. The van der Waals surface area contributed by atoms with Gasteiger partial charge in [-0.25, -0.2) is 0 Å². The highest BCUT2D eigenvalue weighted by molar-refractivity contribution is 5.50. The van der Waals surface area contributed by atoms with E-state index < -0.39 is 0 Å². The Bertz CT molecular complexity index is 414. The smallest absolute Gasteiger partial charge is 0.126 e. The Hall–Kier alpha value is -1.22. The van der Waals surface area contributed by atoms with E-state index in [0.29, 0.717) is 6.54 Å². The molecule has 0 aliphatic heterocycles. The van der Waals surface area contributed by atoms with Crippen LogP contribution in [0.15, 0.2) is 18.2 Å². The second-order valence-electron chi connectivity index (χ2n) is 5.23. The summed E-state index contributed by atoms with van der Waals surface area (Å²) in [5.74, 6) is 0.960. The molecule has 16 heavy (non-hydrogen) atoms. The second kappa shape index (κ2) is 3.39. The summed E-state index contributed by atoms with van der Waals surface area (Å²) in [5.41, 5.74) is 7.25. The molecule has 0 spiro atoms. The number of ether oxygens (including phenoxy) is 1. The third kappa shape index (κ3) is 1.39. The fraction of sp³-hybridized carbons (Fsp3) is 0.538. The molecule has 1 aromatic carbocycles. The molecule has 0 amide bonds. The Labute approximate surface area is 96.2 Å². The fourth-order valence-electron chi connectivity index (χ4n) is 2.70. The van der Waals surface area contributed by atoms with Gasteiger partial charge in [0.15, 0.2) is 0 Å².